The smallest absolute Gasteiger partial charge is 0.0794 e. The van der Waals surface area contributed by atoms with Crippen molar-refractivity contribution in [3.05, 3.63) is 16.6 Å². The lowest BCUT2D eigenvalue weighted by Gasteiger charge is -2.35. The van der Waals surface area contributed by atoms with E-state index in [4.69, 9.17) is 0 Å². The van der Waals surface area contributed by atoms with Gasteiger partial charge in [0, 0.05) is 30.9 Å². The van der Waals surface area contributed by atoms with Crippen LogP contribution in [-0.4, -0.2) is 42.6 Å². The van der Waals surface area contributed by atoms with Crippen LogP contribution in [0.3, 0.4) is 0 Å². The second-order valence-corrected chi connectivity index (χ2v) is 5.54. The summed E-state index contributed by atoms with van der Waals surface area (Å²) in [5.41, 5.74) is 3.13. The second-order valence-electron chi connectivity index (χ2n) is 4.82. The highest BCUT2D eigenvalue weighted by Gasteiger charge is 2.23. The maximum atomic E-state index is 4.30. The molecule has 0 saturated carbocycles. The van der Waals surface area contributed by atoms with Crippen LogP contribution in [0.5, 0.6) is 0 Å². The first-order valence-electron chi connectivity index (χ1n) is 6.04. The van der Waals surface area contributed by atoms with Gasteiger partial charge in [0.25, 0.3) is 0 Å². The number of aromatic nitrogens is 1. The van der Waals surface area contributed by atoms with E-state index >= 15 is 0 Å². The predicted octanol–water partition coefficient (Wildman–Crippen LogP) is 1.62. The summed E-state index contributed by atoms with van der Waals surface area (Å²) in [6.07, 6.45) is 2.33. The number of nitrogens with one attached hydrogen (secondary N) is 1. The van der Waals surface area contributed by atoms with Crippen molar-refractivity contribution in [2.24, 2.45) is 5.92 Å². The molecule has 0 radical (unpaired) electrons. The van der Waals surface area contributed by atoms with E-state index in [1.807, 2.05) is 5.51 Å². The van der Waals surface area contributed by atoms with E-state index in [1.165, 1.54) is 25.2 Å². The van der Waals surface area contributed by atoms with Gasteiger partial charge in [-0.05, 0) is 25.9 Å². The Morgan fingerprint density at radius 2 is 2.50 bits per heavy atom. The topological polar surface area (TPSA) is 28.2 Å². The molecular weight excluding hydrogens is 218 g/mol. The first-order valence-corrected chi connectivity index (χ1v) is 6.99. The molecule has 1 aromatic rings. The molecule has 1 aliphatic rings. The summed E-state index contributed by atoms with van der Waals surface area (Å²) < 4.78 is 0. The average Bonchev–Trinajstić information content (AvgIpc) is 2.74. The van der Waals surface area contributed by atoms with E-state index in [2.05, 4.69) is 34.6 Å². The van der Waals surface area contributed by atoms with Crippen molar-refractivity contribution < 1.29 is 0 Å². The minimum atomic E-state index is 0.690. The lowest BCUT2D eigenvalue weighted by Crippen LogP contribution is -2.47. The number of nitrogens with zero attached hydrogens (tertiary/aromatic N) is 2. The van der Waals surface area contributed by atoms with Crippen LogP contribution >= 0.6 is 11.3 Å². The SMILES string of the molecule is CC1CN(C)CCC1NCCc1cscn1. The Labute approximate surface area is 102 Å². The third kappa shape index (κ3) is 3.27. The van der Waals surface area contributed by atoms with Gasteiger partial charge in [-0.25, -0.2) is 4.98 Å². The van der Waals surface area contributed by atoms with Crippen LogP contribution in [-0.2, 0) is 6.42 Å². The van der Waals surface area contributed by atoms with E-state index in [1.54, 1.807) is 11.3 Å². The minimum Gasteiger partial charge on any atom is -0.313 e. The molecule has 0 aromatic carbocycles. The number of likely N-dealkylation sites (tertiary alicyclic amines) is 1. The van der Waals surface area contributed by atoms with Crippen molar-refractivity contribution in [3.8, 4) is 0 Å². The van der Waals surface area contributed by atoms with Gasteiger partial charge in [-0.2, -0.15) is 0 Å². The van der Waals surface area contributed by atoms with Crippen LogP contribution in [0.25, 0.3) is 0 Å². The molecule has 4 heteroatoms. The van der Waals surface area contributed by atoms with E-state index in [0.717, 1.165) is 18.9 Å². The third-order valence-corrected chi connectivity index (χ3v) is 4.01. The lowest BCUT2D eigenvalue weighted by molar-refractivity contribution is 0.175. The molecule has 0 bridgehead atoms. The largest absolute Gasteiger partial charge is 0.313 e. The van der Waals surface area contributed by atoms with Gasteiger partial charge in [-0.15, -0.1) is 11.3 Å². The molecule has 1 fully saturated rings. The summed E-state index contributed by atoms with van der Waals surface area (Å²) in [4.78, 5) is 6.72. The zero-order valence-corrected chi connectivity index (χ0v) is 11.0. The number of thiazole rings is 1. The van der Waals surface area contributed by atoms with Gasteiger partial charge in [0.05, 0.1) is 11.2 Å². The standard InChI is InChI=1S/C12H21N3S/c1-10-7-15(2)6-4-12(10)13-5-3-11-8-16-9-14-11/h8-10,12-13H,3-7H2,1-2H3. The van der Waals surface area contributed by atoms with E-state index in [0.29, 0.717) is 6.04 Å². The van der Waals surface area contributed by atoms with E-state index in [9.17, 15) is 0 Å². The molecule has 2 rings (SSSR count). The summed E-state index contributed by atoms with van der Waals surface area (Å²) in [5.74, 6) is 0.759. The summed E-state index contributed by atoms with van der Waals surface area (Å²) >= 11 is 1.68. The number of hydrogen-bond acceptors (Lipinski definition) is 4. The Bertz CT molecular complexity index is 299. The van der Waals surface area contributed by atoms with Crippen molar-refractivity contribution in [3.63, 3.8) is 0 Å². The van der Waals surface area contributed by atoms with E-state index < -0.39 is 0 Å². The van der Waals surface area contributed by atoms with Crippen molar-refractivity contribution in [2.45, 2.75) is 25.8 Å². The van der Waals surface area contributed by atoms with Crippen LogP contribution < -0.4 is 5.32 Å². The quantitative estimate of drug-likeness (QED) is 0.865. The molecule has 2 unspecified atom stereocenters. The molecule has 0 aliphatic carbocycles. The molecule has 90 valence electrons. The second kappa shape index (κ2) is 5.75. The summed E-state index contributed by atoms with van der Waals surface area (Å²) in [7, 11) is 2.21. The summed E-state index contributed by atoms with van der Waals surface area (Å²) in [5, 5.41) is 5.81. The summed E-state index contributed by atoms with van der Waals surface area (Å²) in [6.45, 7) is 5.84. The van der Waals surface area contributed by atoms with Crippen molar-refractivity contribution in [1.29, 1.82) is 0 Å². The first-order chi connectivity index (χ1) is 7.75. The molecule has 1 N–H and O–H groups in total. The molecule has 1 aromatic heterocycles. The minimum absolute atomic E-state index is 0.690. The molecule has 0 amide bonds. The molecule has 3 nitrogen and oxygen atoms in total. The first kappa shape index (κ1) is 12.0. The normalized spacial score (nSPS) is 27.1. The van der Waals surface area contributed by atoms with Gasteiger partial charge in [0.2, 0.25) is 0 Å². The fourth-order valence-corrected chi connectivity index (χ4v) is 3.00. The highest BCUT2D eigenvalue weighted by atomic mass is 32.1. The molecular formula is C12H21N3S. The Hall–Kier alpha value is -0.450. The number of hydrogen-bond donors (Lipinski definition) is 1. The maximum absolute atomic E-state index is 4.30. The van der Waals surface area contributed by atoms with Gasteiger partial charge < -0.3 is 10.2 Å². The Morgan fingerprint density at radius 3 is 3.19 bits per heavy atom. The van der Waals surface area contributed by atoms with Gasteiger partial charge in [0.15, 0.2) is 0 Å². The van der Waals surface area contributed by atoms with Crippen molar-refractivity contribution in [1.82, 2.24) is 15.2 Å². The Morgan fingerprint density at radius 1 is 1.62 bits per heavy atom. The molecule has 1 saturated heterocycles. The number of rotatable bonds is 4. The van der Waals surface area contributed by atoms with Crippen LogP contribution in [0, 0.1) is 5.92 Å². The fourth-order valence-electron chi connectivity index (χ4n) is 2.40. The third-order valence-electron chi connectivity index (χ3n) is 3.38. The van der Waals surface area contributed by atoms with E-state index in [-0.39, 0.29) is 0 Å². The zero-order valence-electron chi connectivity index (χ0n) is 10.1. The molecule has 1 aliphatic heterocycles. The van der Waals surface area contributed by atoms with Gasteiger partial charge >= 0.3 is 0 Å². The summed E-state index contributed by atoms with van der Waals surface area (Å²) in [6, 6.07) is 0.690. The highest BCUT2D eigenvalue weighted by Crippen LogP contribution is 2.15. The maximum Gasteiger partial charge on any atom is 0.0794 e. The van der Waals surface area contributed by atoms with Crippen LogP contribution in [0.1, 0.15) is 19.0 Å². The Kier molecular flexibility index (Phi) is 4.32. The lowest BCUT2D eigenvalue weighted by atomic mass is 9.94. The molecule has 16 heavy (non-hydrogen) atoms. The zero-order chi connectivity index (χ0) is 11.4. The average molecular weight is 239 g/mol. The fraction of sp³-hybridized carbons (Fsp3) is 0.750. The van der Waals surface area contributed by atoms with Gasteiger partial charge in [-0.3, -0.25) is 0 Å². The van der Waals surface area contributed by atoms with Crippen LogP contribution in [0.4, 0.5) is 0 Å². The monoisotopic (exact) mass is 239 g/mol. The van der Waals surface area contributed by atoms with Crippen molar-refractivity contribution >= 4 is 11.3 Å². The van der Waals surface area contributed by atoms with Gasteiger partial charge in [0.1, 0.15) is 0 Å². The molecule has 2 atom stereocenters. The Balaban J connectivity index is 1.69. The predicted molar refractivity (Wildman–Crippen MR) is 68.9 cm³/mol. The van der Waals surface area contributed by atoms with Crippen LogP contribution in [0.2, 0.25) is 0 Å². The molecule has 2 heterocycles. The highest BCUT2D eigenvalue weighted by molar-refractivity contribution is 7.07. The van der Waals surface area contributed by atoms with Gasteiger partial charge in [-0.1, -0.05) is 6.92 Å². The molecule has 0 spiro atoms. The van der Waals surface area contributed by atoms with Crippen molar-refractivity contribution in [2.75, 3.05) is 26.7 Å². The van der Waals surface area contributed by atoms with Crippen LogP contribution in [0.15, 0.2) is 10.9 Å². The number of piperidine rings is 1.